The number of ether oxygens (including phenoxy) is 1. The Morgan fingerprint density at radius 1 is 1.15 bits per heavy atom. The number of carbonyl (C=O) groups is 1. The van der Waals surface area contributed by atoms with Gasteiger partial charge in [0.2, 0.25) is 0 Å². The Bertz CT molecular complexity index is 680. The van der Waals surface area contributed by atoms with Gasteiger partial charge in [-0.25, -0.2) is 4.39 Å². The Morgan fingerprint density at radius 3 is 2.45 bits per heavy atom. The van der Waals surface area contributed by atoms with Crippen LogP contribution >= 0.6 is 0 Å². The van der Waals surface area contributed by atoms with Crippen LogP contribution in [0, 0.1) is 19.7 Å². The molecule has 0 spiro atoms. The van der Waals surface area contributed by atoms with E-state index >= 15 is 0 Å². The van der Waals surface area contributed by atoms with Gasteiger partial charge >= 0.3 is 0 Å². The zero-order valence-corrected chi connectivity index (χ0v) is 11.7. The number of aryl methyl sites for hydroxylation is 2. The normalized spacial score (nSPS) is 10.4. The molecular formula is C16H16FNO2. The number of ketones is 1. The summed E-state index contributed by atoms with van der Waals surface area (Å²) >= 11 is 0. The van der Waals surface area contributed by atoms with E-state index in [4.69, 9.17) is 10.5 Å². The van der Waals surface area contributed by atoms with Crippen LogP contribution in [0.2, 0.25) is 0 Å². The molecule has 2 rings (SSSR count). The predicted molar refractivity (Wildman–Crippen MR) is 76.7 cm³/mol. The molecule has 0 aliphatic carbocycles. The summed E-state index contributed by atoms with van der Waals surface area (Å²) in [4.78, 5) is 12.4. The predicted octanol–water partition coefficient (Wildman–Crippen LogP) is 3.26. The van der Waals surface area contributed by atoms with Crippen LogP contribution < -0.4 is 10.5 Å². The third kappa shape index (κ3) is 2.50. The van der Waals surface area contributed by atoms with Crippen molar-refractivity contribution in [3.63, 3.8) is 0 Å². The second-order valence-corrected chi connectivity index (χ2v) is 4.70. The number of benzene rings is 2. The molecule has 0 atom stereocenters. The highest BCUT2D eigenvalue weighted by Gasteiger charge is 2.15. The van der Waals surface area contributed by atoms with Gasteiger partial charge in [-0.3, -0.25) is 4.79 Å². The summed E-state index contributed by atoms with van der Waals surface area (Å²) in [6.45, 7) is 3.71. The minimum absolute atomic E-state index is 0.113. The van der Waals surface area contributed by atoms with E-state index < -0.39 is 5.82 Å². The number of rotatable bonds is 3. The molecule has 4 heteroatoms. The first-order chi connectivity index (χ1) is 9.43. The molecule has 0 heterocycles. The van der Waals surface area contributed by atoms with E-state index in [0.717, 1.165) is 11.1 Å². The standard InChI is InChI=1S/C16H16FNO2/c1-9-6-10(2)14(18)8-12(9)16(19)11-4-5-15(20-3)13(17)7-11/h4-8H,18H2,1-3H3. The van der Waals surface area contributed by atoms with Gasteiger partial charge in [0.1, 0.15) is 0 Å². The highest BCUT2D eigenvalue weighted by Crippen LogP contribution is 2.23. The van der Waals surface area contributed by atoms with Crippen molar-refractivity contribution >= 4 is 11.5 Å². The number of nitrogens with two attached hydrogens (primary N) is 1. The lowest BCUT2D eigenvalue weighted by molar-refractivity contribution is 0.103. The molecule has 0 aliphatic heterocycles. The van der Waals surface area contributed by atoms with Crippen LogP contribution in [-0.4, -0.2) is 12.9 Å². The fourth-order valence-electron chi connectivity index (χ4n) is 2.08. The SMILES string of the molecule is COc1ccc(C(=O)c2cc(N)c(C)cc2C)cc1F. The van der Waals surface area contributed by atoms with Crippen molar-refractivity contribution in [2.45, 2.75) is 13.8 Å². The van der Waals surface area contributed by atoms with E-state index in [0.29, 0.717) is 11.3 Å². The largest absolute Gasteiger partial charge is 0.494 e. The second kappa shape index (κ2) is 5.33. The molecule has 2 aromatic carbocycles. The second-order valence-electron chi connectivity index (χ2n) is 4.70. The fraction of sp³-hybridized carbons (Fsp3) is 0.188. The summed E-state index contributed by atoms with van der Waals surface area (Å²) in [7, 11) is 1.38. The molecule has 0 unspecified atom stereocenters. The molecule has 0 bridgehead atoms. The van der Waals surface area contributed by atoms with Crippen molar-refractivity contribution in [3.8, 4) is 5.75 Å². The quantitative estimate of drug-likeness (QED) is 0.689. The van der Waals surface area contributed by atoms with Crippen LogP contribution in [0.3, 0.4) is 0 Å². The first kappa shape index (κ1) is 14.1. The maximum absolute atomic E-state index is 13.7. The minimum Gasteiger partial charge on any atom is -0.494 e. The van der Waals surface area contributed by atoms with Crippen LogP contribution in [0.25, 0.3) is 0 Å². The number of anilines is 1. The van der Waals surface area contributed by atoms with Gasteiger partial charge in [-0.1, -0.05) is 6.07 Å². The zero-order chi connectivity index (χ0) is 14.9. The van der Waals surface area contributed by atoms with Gasteiger partial charge in [-0.15, -0.1) is 0 Å². The molecule has 2 aromatic rings. The molecule has 3 nitrogen and oxygen atoms in total. The maximum atomic E-state index is 13.7. The average molecular weight is 273 g/mol. The van der Waals surface area contributed by atoms with Crippen molar-refractivity contribution in [3.05, 3.63) is 58.4 Å². The van der Waals surface area contributed by atoms with Crippen LogP contribution in [-0.2, 0) is 0 Å². The first-order valence-corrected chi connectivity index (χ1v) is 6.19. The number of hydrogen-bond donors (Lipinski definition) is 1. The Balaban J connectivity index is 2.46. The van der Waals surface area contributed by atoms with E-state index in [1.165, 1.54) is 19.2 Å². The van der Waals surface area contributed by atoms with Crippen molar-refractivity contribution in [2.75, 3.05) is 12.8 Å². The summed E-state index contributed by atoms with van der Waals surface area (Å²) in [5.41, 5.74) is 8.87. The van der Waals surface area contributed by atoms with E-state index in [1.54, 1.807) is 12.1 Å². The van der Waals surface area contributed by atoms with Gasteiger partial charge in [-0.2, -0.15) is 0 Å². The van der Waals surface area contributed by atoms with Crippen LogP contribution in [0.15, 0.2) is 30.3 Å². The van der Waals surface area contributed by atoms with Crippen molar-refractivity contribution < 1.29 is 13.9 Å². The van der Waals surface area contributed by atoms with Gasteiger partial charge in [0.15, 0.2) is 17.3 Å². The molecule has 0 amide bonds. The van der Waals surface area contributed by atoms with Crippen molar-refractivity contribution in [2.24, 2.45) is 0 Å². The molecule has 2 N–H and O–H groups in total. The van der Waals surface area contributed by atoms with Crippen molar-refractivity contribution in [1.29, 1.82) is 0 Å². The van der Waals surface area contributed by atoms with Gasteiger partial charge < -0.3 is 10.5 Å². The van der Waals surface area contributed by atoms with Crippen LogP contribution in [0.1, 0.15) is 27.0 Å². The Hall–Kier alpha value is -2.36. The van der Waals surface area contributed by atoms with Crippen molar-refractivity contribution in [1.82, 2.24) is 0 Å². The van der Waals surface area contributed by atoms with Crippen LogP contribution in [0.4, 0.5) is 10.1 Å². The highest BCUT2D eigenvalue weighted by atomic mass is 19.1. The lowest BCUT2D eigenvalue weighted by Crippen LogP contribution is -2.06. The molecule has 0 saturated carbocycles. The molecule has 0 fully saturated rings. The molecule has 0 saturated heterocycles. The smallest absolute Gasteiger partial charge is 0.193 e. The molecule has 0 aromatic heterocycles. The number of nitrogen functional groups attached to an aromatic ring is 1. The summed E-state index contributed by atoms with van der Waals surface area (Å²) in [6.07, 6.45) is 0. The van der Waals surface area contributed by atoms with E-state index in [1.807, 2.05) is 19.9 Å². The molecular weight excluding hydrogens is 257 g/mol. The monoisotopic (exact) mass is 273 g/mol. The summed E-state index contributed by atoms with van der Waals surface area (Å²) < 4.78 is 18.5. The zero-order valence-electron chi connectivity index (χ0n) is 11.7. The fourth-order valence-corrected chi connectivity index (χ4v) is 2.08. The van der Waals surface area contributed by atoms with Gasteiger partial charge in [0.25, 0.3) is 0 Å². The summed E-state index contributed by atoms with van der Waals surface area (Å²) in [5.74, 6) is -0.700. The van der Waals surface area contributed by atoms with Gasteiger partial charge in [0, 0.05) is 16.8 Å². The molecule has 104 valence electrons. The minimum atomic E-state index is -0.559. The lowest BCUT2D eigenvalue weighted by atomic mass is 9.96. The Labute approximate surface area is 117 Å². The van der Waals surface area contributed by atoms with E-state index in [2.05, 4.69) is 0 Å². The average Bonchev–Trinajstić information content (AvgIpc) is 2.42. The topological polar surface area (TPSA) is 52.3 Å². The molecule has 0 aliphatic rings. The number of hydrogen-bond acceptors (Lipinski definition) is 3. The summed E-state index contributed by atoms with van der Waals surface area (Å²) in [5, 5.41) is 0. The Kier molecular flexibility index (Phi) is 3.74. The summed E-state index contributed by atoms with van der Waals surface area (Å²) in [6, 6.07) is 7.64. The lowest BCUT2D eigenvalue weighted by Gasteiger charge is -2.10. The number of methoxy groups -OCH3 is 1. The van der Waals surface area contributed by atoms with Gasteiger partial charge in [0.05, 0.1) is 7.11 Å². The third-order valence-electron chi connectivity index (χ3n) is 3.27. The van der Waals surface area contributed by atoms with Crippen LogP contribution in [0.5, 0.6) is 5.75 Å². The van der Waals surface area contributed by atoms with E-state index in [-0.39, 0.29) is 17.1 Å². The maximum Gasteiger partial charge on any atom is 0.193 e. The van der Waals surface area contributed by atoms with Gasteiger partial charge in [-0.05, 0) is 49.2 Å². The first-order valence-electron chi connectivity index (χ1n) is 6.19. The number of carbonyl (C=O) groups excluding carboxylic acids is 1. The van der Waals surface area contributed by atoms with E-state index in [9.17, 15) is 9.18 Å². The highest BCUT2D eigenvalue weighted by molar-refractivity contribution is 6.10. The molecule has 20 heavy (non-hydrogen) atoms. The third-order valence-corrected chi connectivity index (χ3v) is 3.27. The number of halogens is 1. The Morgan fingerprint density at radius 2 is 1.85 bits per heavy atom. The molecule has 0 radical (unpaired) electrons.